The highest BCUT2D eigenvalue weighted by Crippen LogP contribution is 2.42. The molecule has 2 atom stereocenters. The van der Waals surface area contributed by atoms with Crippen molar-refractivity contribution < 1.29 is 13.2 Å². The molecule has 244 valence electrons. The molecule has 47 heavy (non-hydrogen) atoms. The van der Waals surface area contributed by atoms with Crippen LogP contribution in [0.2, 0.25) is 0 Å². The summed E-state index contributed by atoms with van der Waals surface area (Å²) < 4.78 is 31.1. The molecular weight excluding hydrogens is 647 g/mol. The largest absolute Gasteiger partial charge is 0.299 e. The summed E-state index contributed by atoms with van der Waals surface area (Å²) in [5, 5.41) is 1.14. The van der Waals surface area contributed by atoms with Crippen molar-refractivity contribution in [1.29, 1.82) is 0 Å². The van der Waals surface area contributed by atoms with Gasteiger partial charge in [-0.2, -0.15) is 0 Å². The molecule has 0 radical (unpaired) electrons. The molecule has 0 spiro atoms. The van der Waals surface area contributed by atoms with E-state index in [9.17, 15) is 18.0 Å². The van der Waals surface area contributed by atoms with E-state index < -0.39 is 16.1 Å². The fourth-order valence-corrected chi connectivity index (χ4v) is 9.62. The molecule has 0 bridgehead atoms. The monoisotopic (exact) mass is 685 g/mol. The lowest BCUT2D eigenvalue weighted by molar-refractivity contribution is -0.117. The number of hydrogen-bond donors (Lipinski definition) is 1. The fourth-order valence-electron chi connectivity index (χ4n) is 6.16. The number of ketones is 1. The van der Waals surface area contributed by atoms with Gasteiger partial charge in [-0.15, -0.1) is 11.3 Å². The highest BCUT2D eigenvalue weighted by atomic mass is 32.2. The van der Waals surface area contributed by atoms with E-state index in [1.165, 1.54) is 16.6 Å². The van der Waals surface area contributed by atoms with Gasteiger partial charge in [0.2, 0.25) is 10.0 Å². The van der Waals surface area contributed by atoms with Gasteiger partial charge in [0.15, 0.2) is 5.16 Å². The number of thioether (sulfide) groups is 1. The quantitative estimate of drug-likeness (QED) is 0.120. The summed E-state index contributed by atoms with van der Waals surface area (Å²) in [6.45, 7) is 8.72. The van der Waals surface area contributed by atoms with Crippen molar-refractivity contribution >= 4 is 49.1 Å². The molecule has 1 aliphatic carbocycles. The predicted molar refractivity (Wildman–Crippen MR) is 191 cm³/mol. The van der Waals surface area contributed by atoms with Gasteiger partial charge in [0, 0.05) is 11.3 Å². The van der Waals surface area contributed by atoms with E-state index in [1.807, 2.05) is 67.6 Å². The van der Waals surface area contributed by atoms with Crippen LogP contribution in [0.3, 0.4) is 0 Å². The van der Waals surface area contributed by atoms with Gasteiger partial charge >= 0.3 is 0 Å². The molecule has 7 nitrogen and oxygen atoms in total. The minimum absolute atomic E-state index is 0.0254. The van der Waals surface area contributed by atoms with E-state index in [2.05, 4.69) is 25.5 Å². The first-order chi connectivity index (χ1) is 22.4. The Hall–Kier alpha value is -3.57. The van der Waals surface area contributed by atoms with Crippen molar-refractivity contribution in [2.75, 3.05) is 5.75 Å². The van der Waals surface area contributed by atoms with Gasteiger partial charge in [0.1, 0.15) is 10.6 Å². The molecule has 0 saturated heterocycles. The van der Waals surface area contributed by atoms with Crippen molar-refractivity contribution in [2.45, 2.75) is 69.5 Å². The van der Waals surface area contributed by atoms with Crippen LogP contribution in [0.4, 0.5) is 0 Å². The standard InChI is InChI=1S/C37H39N3O4S3/c1-24-15-18-29(19-16-24)47(43,44)39-31(25-11-7-5-8-12-25)22-28(41)23-45-36-38-34-33(35(42)40(36)27-13-9-6-10-14-27)30-20-17-26(37(2,3)4)21-32(30)46-34/h5-16,18-19,26,31,39H,17,20-23H2,1-4H3. The number of Topliss-reactive ketones (excluding diaryl/α,β-unsaturated/α-hetero) is 1. The van der Waals surface area contributed by atoms with Crippen LogP contribution >= 0.6 is 23.1 Å². The van der Waals surface area contributed by atoms with Crippen molar-refractivity contribution in [1.82, 2.24) is 14.3 Å². The van der Waals surface area contributed by atoms with E-state index in [1.54, 1.807) is 40.2 Å². The smallest absolute Gasteiger partial charge is 0.267 e. The third-order valence-electron chi connectivity index (χ3n) is 8.92. The van der Waals surface area contributed by atoms with Gasteiger partial charge in [-0.3, -0.25) is 14.2 Å². The van der Waals surface area contributed by atoms with Gasteiger partial charge in [0.05, 0.1) is 27.8 Å². The number of rotatable bonds is 10. The van der Waals surface area contributed by atoms with Crippen LogP contribution in [0, 0.1) is 18.3 Å². The van der Waals surface area contributed by atoms with Gasteiger partial charge in [-0.05, 0) is 72.9 Å². The van der Waals surface area contributed by atoms with E-state index >= 15 is 0 Å². The van der Waals surface area contributed by atoms with Crippen LogP contribution in [-0.2, 0) is 27.7 Å². The SMILES string of the molecule is Cc1ccc(S(=O)(=O)NC(CC(=O)CSc2nc3sc4c(c3c(=O)n2-c2ccccc2)CCC(C(C)(C)C)C4)c2ccccc2)cc1. The Labute approximate surface area is 284 Å². The number of benzene rings is 3. The van der Waals surface area contributed by atoms with Crippen molar-refractivity contribution in [3.8, 4) is 5.69 Å². The molecule has 1 aliphatic rings. The summed E-state index contributed by atoms with van der Waals surface area (Å²) in [6, 6.07) is 24.4. The Bertz CT molecular complexity index is 2070. The van der Waals surface area contributed by atoms with E-state index in [0.717, 1.165) is 30.4 Å². The first-order valence-corrected chi connectivity index (χ1v) is 19.1. The average molecular weight is 686 g/mol. The molecule has 3 aromatic carbocycles. The first kappa shape index (κ1) is 33.3. The number of carbonyl (C=O) groups is 1. The van der Waals surface area contributed by atoms with Crippen LogP contribution in [0.25, 0.3) is 15.9 Å². The number of nitrogens with zero attached hydrogens (tertiary/aromatic N) is 2. The number of nitrogens with one attached hydrogen (secondary N) is 1. The molecule has 2 aromatic heterocycles. The summed E-state index contributed by atoms with van der Waals surface area (Å²) in [6.07, 6.45) is 2.77. The molecule has 2 heterocycles. The maximum absolute atomic E-state index is 14.2. The maximum atomic E-state index is 14.2. The van der Waals surface area contributed by atoms with Gasteiger partial charge in [-0.25, -0.2) is 18.1 Å². The zero-order chi connectivity index (χ0) is 33.3. The summed E-state index contributed by atoms with van der Waals surface area (Å²) >= 11 is 2.81. The molecule has 2 unspecified atom stereocenters. The van der Waals surface area contributed by atoms with Crippen molar-refractivity contribution in [3.63, 3.8) is 0 Å². The summed E-state index contributed by atoms with van der Waals surface area (Å²) in [5.74, 6) is 0.396. The van der Waals surface area contributed by atoms with Crippen LogP contribution < -0.4 is 10.3 Å². The minimum atomic E-state index is -3.89. The summed E-state index contributed by atoms with van der Waals surface area (Å²) in [5.41, 5.74) is 3.52. The third-order valence-corrected chi connectivity index (χ3v) is 12.6. The Morgan fingerprint density at radius 1 is 1.02 bits per heavy atom. The number of aryl methyl sites for hydroxylation is 2. The highest BCUT2D eigenvalue weighted by Gasteiger charge is 2.32. The Morgan fingerprint density at radius 2 is 1.68 bits per heavy atom. The summed E-state index contributed by atoms with van der Waals surface area (Å²) in [4.78, 5) is 34.9. The number of para-hydroxylation sites is 1. The van der Waals surface area contributed by atoms with E-state index in [4.69, 9.17) is 4.98 Å². The first-order valence-electron chi connectivity index (χ1n) is 15.8. The van der Waals surface area contributed by atoms with Crippen molar-refractivity contribution in [2.24, 2.45) is 11.3 Å². The molecule has 0 saturated carbocycles. The van der Waals surface area contributed by atoms with Gasteiger partial charge < -0.3 is 0 Å². The zero-order valence-electron chi connectivity index (χ0n) is 27.0. The third kappa shape index (κ3) is 7.31. The van der Waals surface area contributed by atoms with E-state index in [0.29, 0.717) is 32.5 Å². The van der Waals surface area contributed by atoms with Gasteiger partial charge in [-0.1, -0.05) is 98.8 Å². The molecule has 6 rings (SSSR count). The predicted octanol–water partition coefficient (Wildman–Crippen LogP) is 7.68. The number of hydrogen-bond acceptors (Lipinski definition) is 7. The summed E-state index contributed by atoms with van der Waals surface area (Å²) in [7, 11) is -3.89. The Balaban J connectivity index is 1.29. The number of sulfonamides is 1. The van der Waals surface area contributed by atoms with Crippen LogP contribution in [-0.4, -0.2) is 29.5 Å². The molecule has 10 heteroatoms. The molecule has 1 N–H and O–H groups in total. The zero-order valence-corrected chi connectivity index (χ0v) is 29.5. The second-order valence-corrected chi connectivity index (χ2v) is 17.0. The fraction of sp³-hybridized carbons (Fsp3) is 0.324. The molecular formula is C37H39N3O4S3. The van der Waals surface area contributed by atoms with Crippen LogP contribution in [0.5, 0.6) is 0 Å². The average Bonchev–Trinajstić information content (AvgIpc) is 3.42. The molecule has 5 aromatic rings. The lowest BCUT2D eigenvalue weighted by atomic mass is 9.72. The Kier molecular flexibility index (Phi) is 9.58. The number of carbonyl (C=O) groups excluding carboxylic acids is 1. The highest BCUT2D eigenvalue weighted by molar-refractivity contribution is 7.99. The second-order valence-electron chi connectivity index (χ2n) is 13.3. The van der Waals surface area contributed by atoms with Crippen molar-refractivity contribution in [3.05, 3.63) is 117 Å². The maximum Gasteiger partial charge on any atom is 0.267 e. The molecule has 0 aliphatic heterocycles. The molecule has 0 fully saturated rings. The number of thiophene rings is 1. The lowest BCUT2D eigenvalue weighted by Crippen LogP contribution is -2.30. The topological polar surface area (TPSA) is 98.1 Å². The lowest BCUT2D eigenvalue weighted by Gasteiger charge is -2.33. The van der Waals surface area contributed by atoms with Gasteiger partial charge in [0.25, 0.3) is 5.56 Å². The van der Waals surface area contributed by atoms with E-state index in [-0.39, 0.29) is 33.8 Å². The number of aromatic nitrogens is 2. The normalized spacial score (nSPS) is 15.8. The van der Waals surface area contributed by atoms with Crippen LogP contribution in [0.1, 0.15) is 61.2 Å². The Morgan fingerprint density at radius 3 is 2.34 bits per heavy atom. The number of fused-ring (bicyclic) bond motifs is 3. The minimum Gasteiger partial charge on any atom is -0.299 e. The second kappa shape index (κ2) is 13.5. The van der Waals surface area contributed by atoms with Crippen LogP contribution in [0.15, 0.2) is 99.8 Å². The molecule has 0 amide bonds.